The van der Waals surface area contributed by atoms with Gasteiger partial charge in [-0.05, 0) is 24.6 Å². The number of benzene rings is 1. The molecule has 0 saturated carbocycles. The second-order valence-corrected chi connectivity index (χ2v) is 6.33. The fraction of sp³-hybridized carbons (Fsp3) is 0.235. The molecule has 3 aromatic rings. The molecule has 0 spiro atoms. The molecule has 0 aliphatic rings. The highest BCUT2D eigenvalue weighted by atomic mass is 32.1. The number of aryl methyl sites for hydroxylation is 1. The summed E-state index contributed by atoms with van der Waals surface area (Å²) in [6, 6.07) is 6.53. The SMILES string of the molecule is COc1ccc2c(CC(=O)NCc3csc(C)n3)cc(=O)oc2c1. The van der Waals surface area contributed by atoms with E-state index in [1.807, 2.05) is 12.3 Å². The first-order valence-corrected chi connectivity index (χ1v) is 8.21. The Morgan fingerprint density at radius 1 is 1.38 bits per heavy atom. The molecule has 0 fully saturated rings. The topological polar surface area (TPSA) is 81.4 Å². The van der Waals surface area contributed by atoms with Crippen LogP contribution < -0.4 is 15.7 Å². The summed E-state index contributed by atoms with van der Waals surface area (Å²) in [5.41, 5.74) is 1.36. The highest BCUT2D eigenvalue weighted by Gasteiger charge is 2.11. The summed E-state index contributed by atoms with van der Waals surface area (Å²) in [6.45, 7) is 2.29. The van der Waals surface area contributed by atoms with E-state index in [1.54, 1.807) is 18.2 Å². The van der Waals surface area contributed by atoms with Crippen molar-refractivity contribution in [2.45, 2.75) is 19.9 Å². The molecule has 24 heavy (non-hydrogen) atoms. The van der Waals surface area contributed by atoms with Gasteiger partial charge < -0.3 is 14.5 Å². The van der Waals surface area contributed by atoms with Crippen molar-refractivity contribution in [2.75, 3.05) is 7.11 Å². The zero-order valence-corrected chi connectivity index (χ0v) is 14.1. The average molecular weight is 344 g/mol. The number of thiazole rings is 1. The van der Waals surface area contributed by atoms with Crippen molar-refractivity contribution in [1.82, 2.24) is 10.3 Å². The minimum absolute atomic E-state index is 0.0948. The van der Waals surface area contributed by atoms with Crippen LogP contribution in [0.5, 0.6) is 5.75 Å². The molecule has 0 saturated heterocycles. The molecule has 0 aliphatic carbocycles. The molecule has 1 aromatic carbocycles. The number of fused-ring (bicyclic) bond motifs is 1. The average Bonchev–Trinajstić information content (AvgIpc) is 2.97. The molecule has 0 bridgehead atoms. The number of hydrogen-bond donors (Lipinski definition) is 1. The molecule has 7 heteroatoms. The van der Waals surface area contributed by atoms with Crippen LogP contribution >= 0.6 is 11.3 Å². The molecule has 3 rings (SSSR count). The highest BCUT2D eigenvalue weighted by Crippen LogP contribution is 2.22. The van der Waals surface area contributed by atoms with E-state index >= 15 is 0 Å². The molecule has 6 nitrogen and oxygen atoms in total. The third-order valence-corrected chi connectivity index (χ3v) is 4.34. The largest absolute Gasteiger partial charge is 0.497 e. The van der Waals surface area contributed by atoms with Gasteiger partial charge in [0.15, 0.2) is 0 Å². The number of methoxy groups -OCH3 is 1. The first kappa shape index (κ1) is 16.2. The Labute approximate surface area is 142 Å². The molecule has 0 radical (unpaired) electrons. The minimum atomic E-state index is -0.492. The summed E-state index contributed by atoms with van der Waals surface area (Å²) in [6.07, 6.45) is 0.0948. The van der Waals surface area contributed by atoms with Gasteiger partial charge in [0.2, 0.25) is 5.91 Å². The van der Waals surface area contributed by atoms with Crippen molar-refractivity contribution < 1.29 is 13.9 Å². The maximum atomic E-state index is 12.2. The van der Waals surface area contributed by atoms with Crippen LogP contribution in [0.4, 0.5) is 0 Å². The second kappa shape index (κ2) is 6.84. The number of amides is 1. The van der Waals surface area contributed by atoms with E-state index in [2.05, 4.69) is 10.3 Å². The number of aromatic nitrogens is 1. The van der Waals surface area contributed by atoms with E-state index in [1.165, 1.54) is 24.5 Å². The number of rotatable bonds is 5. The maximum absolute atomic E-state index is 12.2. The zero-order chi connectivity index (χ0) is 17.1. The first-order valence-electron chi connectivity index (χ1n) is 7.33. The van der Waals surface area contributed by atoms with Crippen molar-refractivity contribution in [3.05, 3.63) is 56.3 Å². The minimum Gasteiger partial charge on any atom is -0.497 e. The smallest absolute Gasteiger partial charge is 0.336 e. The van der Waals surface area contributed by atoms with Crippen LogP contribution in [0.25, 0.3) is 11.0 Å². The van der Waals surface area contributed by atoms with Gasteiger partial charge in [0.1, 0.15) is 11.3 Å². The standard InChI is InChI=1S/C17H16N2O4S/c1-10-19-12(9-24-10)8-18-16(20)5-11-6-17(21)23-15-7-13(22-2)3-4-14(11)15/h3-4,6-7,9H,5,8H2,1-2H3,(H,18,20). The van der Waals surface area contributed by atoms with Gasteiger partial charge in [0, 0.05) is 22.9 Å². The zero-order valence-electron chi connectivity index (χ0n) is 13.3. The molecule has 124 valence electrons. The molecule has 2 aromatic heterocycles. The number of ether oxygens (including phenoxy) is 1. The molecule has 0 aliphatic heterocycles. The van der Waals surface area contributed by atoms with Gasteiger partial charge in [-0.25, -0.2) is 9.78 Å². The van der Waals surface area contributed by atoms with Crippen molar-refractivity contribution in [3.8, 4) is 5.75 Å². The molecular weight excluding hydrogens is 328 g/mol. The van der Waals surface area contributed by atoms with Crippen molar-refractivity contribution in [1.29, 1.82) is 0 Å². The Balaban J connectivity index is 1.78. The Morgan fingerprint density at radius 3 is 2.92 bits per heavy atom. The third-order valence-electron chi connectivity index (χ3n) is 3.52. The summed E-state index contributed by atoms with van der Waals surface area (Å²) in [7, 11) is 1.54. The number of carbonyl (C=O) groups is 1. The van der Waals surface area contributed by atoms with E-state index < -0.39 is 5.63 Å². The lowest BCUT2D eigenvalue weighted by atomic mass is 10.1. The number of carbonyl (C=O) groups excluding carboxylic acids is 1. The summed E-state index contributed by atoms with van der Waals surface area (Å²) in [5, 5.41) is 6.40. The van der Waals surface area contributed by atoms with Crippen LogP contribution in [0, 0.1) is 6.92 Å². The Morgan fingerprint density at radius 2 is 2.21 bits per heavy atom. The molecule has 2 heterocycles. The Hall–Kier alpha value is -2.67. The van der Waals surface area contributed by atoms with E-state index in [9.17, 15) is 9.59 Å². The first-order chi connectivity index (χ1) is 11.5. The van der Waals surface area contributed by atoms with E-state index in [0.717, 1.165) is 16.1 Å². The Kier molecular flexibility index (Phi) is 4.61. The Bertz CT molecular complexity index is 945. The maximum Gasteiger partial charge on any atom is 0.336 e. The predicted octanol–water partition coefficient (Wildman–Crippen LogP) is 2.43. The van der Waals surface area contributed by atoms with Crippen molar-refractivity contribution in [2.24, 2.45) is 0 Å². The fourth-order valence-corrected chi connectivity index (χ4v) is 3.01. The predicted molar refractivity (Wildman–Crippen MR) is 91.4 cm³/mol. The van der Waals surface area contributed by atoms with Gasteiger partial charge in [0.05, 0.1) is 30.8 Å². The normalized spacial score (nSPS) is 10.8. The van der Waals surface area contributed by atoms with Gasteiger partial charge in [-0.2, -0.15) is 0 Å². The lowest BCUT2D eigenvalue weighted by molar-refractivity contribution is -0.120. The molecule has 1 N–H and O–H groups in total. The van der Waals surface area contributed by atoms with Gasteiger partial charge in [0.25, 0.3) is 0 Å². The van der Waals surface area contributed by atoms with Crippen LogP contribution in [0.1, 0.15) is 16.3 Å². The quantitative estimate of drug-likeness (QED) is 0.719. The molecular formula is C17H16N2O4S. The summed E-state index contributed by atoms with van der Waals surface area (Å²) in [4.78, 5) is 28.2. The third kappa shape index (κ3) is 3.62. The van der Waals surface area contributed by atoms with Gasteiger partial charge in [-0.3, -0.25) is 4.79 Å². The fourth-order valence-electron chi connectivity index (χ4n) is 2.40. The number of nitrogens with one attached hydrogen (secondary N) is 1. The van der Waals surface area contributed by atoms with Gasteiger partial charge in [-0.1, -0.05) is 0 Å². The van der Waals surface area contributed by atoms with Crippen LogP contribution in [0.15, 0.2) is 38.9 Å². The molecule has 1 amide bonds. The lowest BCUT2D eigenvalue weighted by Gasteiger charge is -2.07. The van der Waals surface area contributed by atoms with Gasteiger partial charge in [-0.15, -0.1) is 11.3 Å². The van der Waals surface area contributed by atoms with Crippen LogP contribution in [-0.2, 0) is 17.8 Å². The van der Waals surface area contributed by atoms with Crippen molar-refractivity contribution in [3.63, 3.8) is 0 Å². The molecule has 0 atom stereocenters. The van der Waals surface area contributed by atoms with Crippen LogP contribution in [0.2, 0.25) is 0 Å². The van der Waals surface area contributed by atoms with E-state index in [0.29, 0.717) is 23.4 Å². The van der Waals surface area contributed by atoms with Crippen molar-refractivity contribution >= 4 is 28.2 Å². The van der Waals surface area contributed by atoms with E-state index in [-0.39, 0.29) is 12.3 Å². The monoisotopic (exact) mass is 344 g/mol. The summed E-state index contributed by atoms with van der Waals surface area (Å²) >= 11 is 1.54. The summed E-state index contributed by atoms with van der Waals surface area (Å²) < 4.78 is 10.3. The van der Waals surface area contributed by atoms with Crippen LogP contribution in [-0.4, -0.2) is 18.0 Å². The van der Waals surface area contributed by atoms with E-state index in [4.69, 9.17) is 9.15 Å². The second-order valence-electron chi connectivity index (χ2n) is 5.26. The van der Waals surface area contributed by atoms with Crippen LogP contribution in [0.3, 0.4) is 0 Å². The molecule has 0 unspecified atom stereocenters. The number of nitrogens with zero attached hydrogens (tertiary/aromatic N) is 1. The summed E-state index contributed by atoms with van der Waals surface area (Å²) in [5.74, 6) is 0.412. The van der Waals surface area contributed by atoms with Gasteiger partial charge >= 0.3 is 5.63 Å². The highest BCUT2D eigenvalue weighted by molar-refractivity contribution is 7.09. The lowest BCUT2D eigenvalue weighted by Crippen LogP contribution is -2.25. The number of hydrogen-bond acceptors (Lipinski definition) is 6.